The first kappa shape index (κ1) is 35.2. The molecule has 41 heavy (non-hydrogen) atoms. The molecule has 232 valence electrons. The molecule has 8 atom stereocenters. The summed E-state index contributed by atoms with van der Waals surface area (Å²) in [6.45, 7) is 23.7. The number of methoxy groups -OCH3 is 1. The molecule has 0 bridgehead atoms. The van der Waals surface area contributed by atoms with E-state index in [2.05, 4.69) is 47.7 Å². The SMILES string of the molecule is CC[C@H]1OC(=O)[C@H](C)[C@@H](O[Si](C)(C)C(C)(C)C)[C@H](C)[C@@H](OCc2ccc(OC)cc2)[C@@H](C)C[C@@H](C)C(=O)/C=C/[C@H]1C. The van der Waals surface area contributed by atoms with E-state index in [4.69, 9.17) is 18.6 Å². The van der Waals surface area contributed by atoms with E-state index in [0.29, 0.717) is 19.4 Å². The molecular weight excluding hydrogens is 532 g/mol. The minimum atomic E-state index is -2.27. The number of allylic oxidation sites excluding steroid dienone is 1. The second kappa shape index (κ2) is 15.0. The Kier molecular flexibility index (Phi) is 12.9. The normalized spacial score (nSPS) is 31.7. The van der Waals surface area contributed by atoms with Gasteiger partial charge in [-0.25, -0.2) is 0 Å². The van der Waals surface area contributed by atoms with Gasteiger partial charge in [-0.3, -0.25) is 9.59 Å². The van der Waals surface area contributed by atoms with Crippen molar-refractivity contribution in [3.8, 4) is 5.75 Å². The summed E-state index contributed by atoms with van der Waals surface area (Å²) in [5, 5.41) is -0.0350. The zero-order valence-corrected chi connectivity index (χ0v) is 28.7. The van der Waals surface area contributed by atoms with E-state index in [1.54, 1.807) is 13.2 Å². The number of hydrogen-bond donors (Lipinski definition) is 0. The second-order valence-electron chi connectivity index (χ2n) is 13.7. The summed E-state index contributed by atoms with van der Waals surface area (Å²) in [6, 6.07) is 7.87. The monoisotopic (exact) mass is 588 g/mol. The molecule has 1 heterocycles. The molecular formula is C34H56O6Si. The zero-order valence-electron chi connectivity index (χ0n) is 27.7. The molecule has 0 aromatic heterocycles. The third-order valence-electron chi connectivity index (χ3n) is 9.33. The topological polar surface area (TPSA) is 71.1 Å². The maximum Gasteiger partial charge on any atom is 0.311 e. The van der Waals surface area contributed by atoms with Crippen LogP contribution in [0.15, 0.2) is 36.4 Å². The highest BCUT2D eigenvalue weighted by Gasteiger charge is 2.46. The van der Waals surface area contributed by atoms with Gasteiger partial charge in [0, 0.05) is 17.8 Å². The molecule has 1 aliphatic rings. The fourth-order valence-corrected chi connectivity index (χ4v) is 6.87. The van der Waals surface area contributed by atoms with Crippen LogP contribution < -0.4 is 4.74 Å². The van der Waals surface area contributed by atoms with Crippen molar-refractivity contribution in [2.45, 2.75) is 118 Å². The maximum absolute atomic E-state index is 13.7. The minimum absolute atomic E-state index is 0.0350. The highest BCUT2D eigenvalue weighted by atomic mass is 28.4. The molecule has 2 rings (SSSR count). The molecule has 1 aromatic carbocycles. The van der Waals surface area contributed by atoms with Gasteiger partial charge in [0.05, 0.1) is 31.8 Å². The van der Waals surface area contributed by atoms with Crippen LogP contribution in [-0.4, -0.2) is 45.5 Å². The highest BCUT2D eigenvalue weighted by Crippen LogP contribution is 2.41. The Morgan fingerprint density at radius 1 is 0.976 bits per heavy atom. The van der Waals surface area contributed by atoms with Crippen LogP contribution in [0.4, 0.5) is 0 Å². The van der Waals surface area contributed by atoms with E-state index >= 15 is 0 Å². The molecule has 1 aromatic rings. The number of cyclic esters (lactones) is 1. The Bertz CT molecular complexity index is 1010. The Morgan fingerprint density at radius 2 is 1.59 bits per heavy atom. The summed E-state index contributed by atoms with van der Waals surface area (Å²) in [6.07, 6.45) is 3.96. The summed E-state index contributed by atoms with van der Waals surface area (Å²) >= 11 is 0. The minimum Gasteiger partial charge on any atom is -0.497 e. The van der Waals surface area contributed by atoms with Crippen molar-refractivity contribution >= 4 is 20.1 Å². The molecule has 1 aliphatic heterocycles. The first-order chi connectivity index (χ1) is 19.0. The van der Waals surface area contributed by atoms with Crippen LogP contribution in [0.3, 0.4) is 0 Å². The molecule has 0 unspecified atom stereocenters. The third-order valence-corrected chi connectivity index (χ3v) is 13.8. The average Bonchev–Trinajstić information content (AvgIpc) is 2.91. The first-order valence-corrected chi connectivity index (χ1v) is 18.3. The van der Waals surface area contributed by atoms with Gasteiger partial charge in [0.15, 0.2) is 14.1 Å². The van der Waals surface area contributed by atoms with Gasteiger partial charge in [0.2, 0.25) is 0 Å². The number of carbonyl (C=O) groups excluding carboxylic acids is 2. The second-order valence-corrected chi connectivity index (χ2v) is 18.5. The Labute approximate surface area is 250 Å². The smallest absolute Gasteiger partial charge is 0.311 e. The van der Waals surface area contributed by atoms with Crippen molar-refractivity contribution in [3.05, 3.63) is 42.0 Å². The van der Waals surface area contributed by atoms with Crippen molar-refractivity contribution in [2.75, 3.05) is 7.11 Å². The van der Waals surface area contributed by atoms with E-state index in [1.165, 1.54) is 0 Å². The van der Waals surface area contributed by atoms with Crippen LogP contribution in [0, 0.1) is 29.6 Å². The molecule has 6 nitrogen and oxygen atoms in total. The number of benzene rings is 1. The zero-order chi connectivity index (χ0) is 31.1. The lowest BCUT2D eigenvalue weighted by Crippen LogP contribution is -2.52. The summed E-state index contributed by atoms with van der Waals surface area (Å²) in [5.74, 6) is -0.154. The van der Waals surface area contributed by atoms with Gasteiger partial charge in [-0.15, -0.1) is 0 Å². The van der Waals surface area contributed by atoms with Crippen molar-refractivity contribution in [1.29, 1.82) is 0 Å². The maximum atomic E-state index is 13.7. The highest BCUT2D eigenvalue weighted by molar-refractivity contribution is 6.74. The number of rotatable bonds is 7. The van der Waals surface area contributed by atoms with E-state index in [1.807, 2.05) is 58.0 Å². The predicted molar refractivity (Wildman–Crippen MR) is 168 cm³/mol. The van der Waals surface area contributed by atoms with Crippen molar-refractivity contribution < 1.29 is 28.2 Å². The number of ketones is 1. The predicted octanol–water partition coefficient (Wildman–Crippen LogP) is 8.00. The average molecular weight is 589 g/mol. The van der Waals surface area contributed by atoms with Crippen LogP contribution >= 0.6 is 0 Å². The number of hydrogen-bond acceptors (Lipinski definition) is 6. The van der Waals surface area contributed by atoms with Gasteiger partial charge in [-0.05, 0) is 67.6 Å². The van der Waals surface area contributed by atoms with Gasteiger partial charge < -0.3 is 18.6 Å². The Morgan fingerprint density at radius 3 is 2.12 bits per heavy atom. The largest absolute Gasteiger partial charge is 0.497 e. The molecule has 0 fully saturated rings. The number of esters is 1. The number of ether oxygens (including phenoxy) is 3. The molecule has 0 radical (unpaired) electrons. The molecule has 0 spiro atoms. The van der Waals surface area contributed by atoms with Crippen LogP contribution in [0.5, 0.6) is 5.75 Å². The van der Waals surface area contributed by atoms with Crippen LogP contribution in [0.25, 0.3) is 0 Å². The van der Waals surface area contributed by atoms with Crippen LogP contribution in [-0.2, 0) is 30.1 Å². The van der Waals surface area contributed by atoms with Gasteiger partial charge in [0.1, 0.15) is 11.9 Å². The third kappa shape index (κ3) is 9.52. The number of carbonyl (C=O) groups is 2. The standard InChI is InChI=1S/C34H56O6Si/c1-13-30-22(2)14-19-29(35)23(3)20-24(4)31(38-21-27-15-17-28(37-10)18-16-27)25(5)32(26(6)33(36)39-30)40-41(11,12)34(7,8)9/h14-19,22-26,30-32H,13,20-21H2,1-12H3/b19-14+/t22-,23-,24+,25-,26-,30-,31+,32+/m1/s1. The lowest BCUT2D eigenvalue weighted by molar-refractivity contribution is -0.162. The van der Waals surface area contributed by atoms with E-state index < -0.39 is 20.3 Å². The van der Waals surface area contributed by atoms with E-state index in [9.17, 15) is 9.59 Å². The summed E-state index contributed by atoms with van der Waals surface area (Å²) in [4.78, 5) is 26.8. The van der Waals surface area contributed by atoms with E-state index in [0.717, 1.165) is 11.3 Å². The first-order valence-electron chi connectivity index (χ1n) is 15.4. The summed E-state index contributed by atoms with van der Waals surface area (Å²) < 4.78 is 25.2. The molecule has 0 N–H and O–H groups in total. The lowest BCUT2D eigenvalue weighted by atomic mass is 9.80. The Hall–Kier alpha value is -1.96. The van der Waals surface area contributed by atoms with Crippen molar-refractivity contribution in [1.82, 2.24) is 0 Å². The van der Waals surface area contributed by atoms with Crippen molar-refractivity contribution in [3.63, 3.8) is 0 Å². The molecule has 0 saturated carbocycles. The van der Waals surface area contributed by atoms with Gasteiger partial charge in [-0.1, -0.05) is 73.6 Å². The lowest BCUT2D eigenvalue weighted by Gasteiger charge is -2.45. The molecule has 0 amide bonds. The summed E-state index contributed by atoms with van der Waals surface area (Å²) in [5.41, 5.74) is 1.03. The quantitative estimate of drug-likeness (QED) is 0.237. The molecule has 0 saturated heterocycles. The van der Waals surface area contributed by atoms with Gasteiger partial charge in [0.25, 0.3) is 0 Å². The fraction of sp³-hybridized carbons (Fsp3) is 0.706. The summed E-state index contributed by atoms with van der Waals surface area (Å²) in [7, 11) is -0.616. The molecule has 0 aliphatic carbocycles. The van der Waals surface area contributed by atoms with Crippen LogP contribution in [0.1, 0.15) is 80.7 Å². The van der Waals surface area contributed by atoms with Gasteiger partial charge in [-0.2, -0.15) is 0 Å². The molecule has 7 heteroatoms. The Balaban J connectivity index is 2.55. The van der Waals surface area contributed by atoms with Crippen molar-refractivity contribution in [2.24, 2.45) is 29.6 Å². The van der Waals surface area contributed by atoms with Gasteiger partial charge >= 0.3 is 5.97 Å². The van der Waals surface area contributed by atoms with E-state index in [-0.39, 0.29) is 52.7 Å². The van der Waals surface area contributed by atoms with Crippen LogP contribution in [0.2, 0.25) is 18.1 Å². The fourth-order valence-electron chi connectivity index (χ4n) is 5.41.